The van der Waals surface area contributed by atoms with Gasteiger partial charge >= 0.3 is 29.8 Å². The maximum atomic E-state index is 14.9. The second-order valence-electron chi connectivity index (χ2n) is 14.9. The largest absolute Gasteiger partial charge is 0.504 e. The van der Waals surface area contributed by atoms with E-state index in [-0.39, 0.29) is 12.1 Å². The average Bonchev–Trinajstić information content (AvgIpc) is 3.31. The van der Waals surface area contributed by atoms with Gasteiger partial charge in [-0.1, -0.05) is 0 Å². The highest BCUT2D eigenvalue weighted by molar-refractivity contribution is 6.16. The summed E-state index contributed by atoms with van der Waals surface area (Å²) < 4.78 is 21.9. The number of carboxylic acids is 1. The Kier molecular flexibility index (Phi) is 10.1. The highest BCUT2D eigenvalue weighted by Gasteiger charge is 2.51. The molecule has 27 nitrogen and oxygen atoms in total. The van der Waals surface area contributed by atoms with Gasteiger partial charge in [0.15, 0.2) is 75.8 Å². The summed E-state index contributed by atoms with van der Waals surface area (Å²) in [7, 11) is 0. The van der Waals surface area contributed by atoms with Gasteiger partial charge in [-0.2, -0.15) is 0 Å². The minimum Gasteiger partial charge on any atom is -0.504 e. The maximum absolute atomic E-state index is 14.9. The molecule has 0 radical (unpaired) electrons. The standard InChI is InChI=1S/C41H28O27/c42-8-1-5-12(24(48)21(8)45)13-6(2-9(43)22(46)25(13)49)40(63)67-35-11(4-65-38(5)61)66-39(62)7-3-10(44)23(47)26(50)14(7)15-19-17(29(53)32(56)27(15)51)16-18(37(59)60)20(30(54)33(57)28(16)52)31(55)34(58)36(35)68-41(19)64/h1-3,11,31,34-36,42-58H,4H2,(H,59,60)/t11-,31+,34+,35-,36-/m1/s1. The lowest BCUT2D eigenvalue weighted by atomic mass is 9.81. The summed E-state index contributed by atoms with van der Waals surface area (Å²) in [6, 6.07) is 0.913. The Morgan fingerprint density at radius 2 is 0.809 bits per heavy atom. The van der Waals surface area contributed by atoms with Crippen molar-refractivity contribution >= 4 is 29.8 Å². The summed E-state index contributed by atoms with van der Waals surface area (Å²) in [6.07, 6.45) is -14.9. The first-order valence-corrected chi connectivity index (χ1v) is 18.7. The van der Waals surface area contributed by atoms with Crippen LogP contribution < -0.4 is 0 Å². The molecule has 0 saturated carbocycles. The van der Waals surface area contributed by atoms with E-state index in [0.29, 0.717) is 6.07 Å². The van der Waals surface area contributed by atoms with Crippen molar-refractivity contribution in [1.29, 1.82) is 0 Å². The molecule has 5 aromatic carbocycles. The highest BCUT2D eigenvalue weighted by Crippen LogP contribution is 2.61. The van der Waals surface area contributed by atoms with E-state index in [9.17, 15) is 116 Å². The fourth-order valence-electron chi connectivity index (χ4n) is 8.10. The normalized spacial score (nSPS) is 19.8. The summed E-state index contributed by atoms with van der Waals surface area (Å²) in [5.41, 5.74) is -17.0. The summed E-state index contributed by atoms with van der Waals surface area (Å²) in [4.78, 5) is 71.1. The Balaban J connectivity index is 1.55. The van der Waals surface area contributed by atoms with Crippen molar-refractivity contribution in [1.82, 2.24) is 0 Å². The smallest absolute Gasteiger partial charge is 0.340 e. The summed E-state index contributed by atoms with van der Waals surface area (Å²) in [5.74, 6) is -34.6. The first-order valence-electron chi connectivity index (χ1n) is 18.7. The molecule has 3 aliphatic rings. The second-order valence-corrected chi connectivity index (χ2v) is 14.9. The number of aliphatic hydroxyl groups is 2. The quantitative estimate of drug-likeness (QED) is 0.0629. The number of rotatable bonds is 1. The van der Waals surface area contributed by atoms with E-state index in [4.69, 9.17) is 18.9 Å². The Labute approximate surface area is 372 Å². The molecule has 0 spiro atoms. The fourth-order valence-corrected chi connectivity index (χ4v) is 8.10. The van der Waals surface area contributed by atoms with Gasteiger partial charge in [-0.05, 0) is 18.2 Å². The third-order valence-electron chi connectivity index (χ3n) is 11.2. The number of fused-ring (bicyclic) bond motifs is 12. The third-order valence-corrected chi connectivity index (χ3v) is 11.2. The minimum atomic E-state index is -3.15. The van der Waals surface area contributed by atoms with Crippen LogP contribution in [-0.4, -0.2) is 153 Å². The number of phenolic OH excluding ortho intramolecular Hbond substituents is 15. The van der Waals surface area contributed by atoms with E-state index in [0.717, 1.165) is 0 Å². The fraction of sp³-hybridized carbons (Fsp3) is 0.146. The van der Waals surface area contributed by atoms with Crippen LogP contribution in [0.2, 0.25) is 0 Å². The van der Waals surface area contributed by atoms with Crippen LogP contribution in [0.1, 0.15) is 63.5 Å². The number of aromatic hydroxyl groups is 15. The summed E-state index contributed by atoms with van der Waals surface area (Å²) >= 11 is 0. The van der Waals surface area contributed by atoms with Crippen LogP contribution >= 0.6 is 0 Å². The molecule has 0 aliphatic carbocycles. The molecule has 0 amide bonds. The Hall–Kier alpha value is -9.63. The molecule has 68 heavy (non-hydrogen) atoms. The zero-order valence-corrected chi connectivity index (χ0v) is 33.0. The van der Waals surface area contributed by atoms with E-state index in [1.165, 1.54) is 0 Å². The number of esters is 4. The van der Waals surface area contributed by atoms with Gasteiger partial charge in [0.2, 0.25) is 28.7 Å². The Morgan fingerprint density at radius 3 is 1.29 bits per heavy atom. The SMILES string of the molecule is O=C1OC[C@H]2OC(=O)c3cc(O)c(O)c(O)c3-c3c(O)c(O)c(O)c4c3C(=O)O[C@H]([C@@H](O)[C@@H](O)c3c(O)c(O)c(O)c-4c3C(=O)O)[C@@H]2OC(=O)c2cc(O)c(O)c(O)c2-c2c1cc(O)c(O)c2O. The van der Waals surface area contributed by atoms with Crippen LogP contribution in [0.15, 0.2) is 18.2 Å². The van der Waals surface area contributed by atoms with Crippen LogP contribution in [0, 0.1) is 0 Å². The van der Waals surface area contributed by atoms with Crippen molar-refractivity contribution < 1.29 is 135 Å². The van der Waals surface area contributed by atoms with Crippen molar-refractivity contribution in [2.24, 2.45) is 0 Å². The predicted octanol–water partition coefficient (Wildman–Crippen LogP) is 0.838. The molecule has 0 fully saturated rings. The Morgan fingerprint density at radius 1 is 0.426 bits per heavy atom. The maximum Gasteiger partial charge on any atom is 0.340 e. The lowest BCUT2D eigenvalue weighted by molar-refractivity contribution is -0.149. The van der Waals surface area contributed by atoms with Crippen LogP contribution in [0.4, 0.5) is 0 Å². The van der Waals surface area contributed by atoms with Crippen LogP contribution in [-0.2, 0) is 18.9 Å². The van der Waals surface area contributed by atoms with Gasteiger partial charge in [0, 0.05) is 38.9 Å². The lowest BCUT2D eigenvalue weighted by Gasteiger charge is -2.37. The molecule has 4 bridgehead atoms. The predicted molar refractivity (Wildman–Crippen MR) is 210 cm³/mol. The molecule has 8 rings (SSSR count). The zero-order chi connectivity index (χ0) is 50.0. The highest BCUT2D eigenvalue weighted by atomic mass is 16.6. The third kappa shape index (κ3) is 6.17. The molecule has 5 aromatic rings. The number of carbonyl (C=O) groups excluding carboxylic acids is 4. The van der Waals surface area contributed by atoms with Crippen molar-refractivity contribution in [2.45, 2.75) is 30.5 Å². The van der Waals surface area contributed by atoms with E-state index in [1.807, 2.05) is 0 Å². The number of hydrogen-bond donors (Lipinski definition) is 18. The van der Waals surface area contributed by atoms with Gasteiger partial charge in [0.05, 0.1) is 27.8 Å². The minimum absolute atomic E-state index is 0.252. The number of hydrogen-bond acceptors (Lipinski definition) is 26. The number of carbonyl (C=O) groups is 5. The van der Waals surface area contributed by atoms with Crippen LogP contribution in [0.3, 0.4) is 0 Å². The molecule has 5 atom stereocenters. The molecule has 0 unspecified atom stereocenters. The number of aromatic carboxylic acids is 1. The average molecular weight is 953 g/mol. The number of aliphatic hydroxyl groups excluding tert-OH is 2. The molecule has 0 saturated heterocycles. The molecule has 0 aromatic heterocycles. The van der Waals surface area contributed by atoms with Crippen molar-refractivity contribution in [3.05, 3.63) is 51.6 Å². The lowest BCUT2D eigenvalue weighted by Crippen LogP contribution is -2.54. The van der Waals surface area contributed by atoms with Crippen LogP contribution in [0.25, 0.3) is 33.4 Å². The van der Waals surface area contributed by atoms with Gasteiger partial charge in [0.1, 0.15) is 18.8 Å². The Bertz CT molecular complexity index is 3170. The molecule has 354 valence electrons. The van der Waals surface area contributed by atoms with E-state index < -0.39 is 220 Å². The van der Waals surface area contributed by atoms with E-state index in [2.05, 4.69) is 0 Å². The van der Waals surface area contributed by atoms with Gasteiger partial charge in [-0.25, -0.2) is 24.0 Å². The van der Waals surface area contributed by atoms with Crippen LogP contribution in [0.5, 0.6) is 86.2 Å². The van der Waals surface area contributed by atoms with Gasteiger partial charge in [0.25, 0.3) is 0 Å². The monoisotopic (exact) mass is 952 g/mol. The van der Waals surface area contributed by atoms with E-state index in [1.54, 1.807) is 0 Å². The topological polar surface area (TPSA) is 486 Å². The van der Waals surface area contributed by atoms with Gasteiger partial charge in [-0.3, -0.25) is 0 Å². The van der Waals surface area contributed by atoms with Gasteiger partial charge in [-0.15, -0.1) is 0 Å². The van der Waals surface area contributed by atoms with E-state index >= 15 is 0 Å². The number of phenols is 15. The molecular weight excluding hydrogens is 924 g/mol. The number of cyclic esters (lactones) is 1. The second kappa shape index (κ2) is 15.2. The number of benzene rings is 5. The first kappa shape index (κ1) is 45.0. The number of carboxylic acid groups (broad SMARTS) is 1. The number of ether oxygens (including phenoxy) is 4. The van der Waals surface area contributed by atoms with Crippen molar-refractivity contribution in [2.75, 3.05) is 6.61 Å². The first-order chi connectivity index (χ1) is 31.8. The molecule has 3 heterocycles. The molecular formula is C41H28O27. The molecule has 3 aliphatic heterocycles. The molecule has 27 heteroatoms. The molecule has 18 N–H and O–H groups in total. The van der Waals surface area contributed by atoms with Crippen molar-refractivity contribution in [3.63, 3.8) is 0 Å². The zero-order valence-electron chi connectivity index (χ0n) is 33.0. The van der Waals surface area contributed by atoms with Crippen molar-refractivity contribution in [3.8, 4) is 120 Å². The summed E-state index contributed by atoms with van der Waals surface area (Å²) in [6.45, 7) is -1.59. The van der Waals surface area contributed by atoms with Gasteiger partial charge < -0.3 is 111 Å². The summed E-state index contributed by atoms with van der Waals surface area (Å²) in [5, 5.41) is 199.